The summed E-state index contributed by atoms with van der Waals surface area (Å²) < 4.78 is 33.9. The van der Waals surface area contributed by atoms with E-state index >= 15 is 0 Å². The van der Waals surface area contributed by atoms with Gasteiger partial charge in [-0.2, -0.15) is 0 Å². The van der Waals surface area contributed by atoms with Gasteiger partial charge in [-0.3, -0.25) is 9.59 Å². The van der Waals surface area contributed by atoms with Crippen LogP contribution in [0.25, 0.3) is 0 Å². The number of allylic oxidation sites excluding steroid dienone is 2. The zero-order chi connectivity index (χ0) is 59.5. The van der Waals surface area contributed by atoms with Gasteiger partial charge in [0.05, 0.1) is 19.8 Å². The number of esters is 2. The quantitative estimate of drug-likeness (QED) is 0.0171. The first kappa shape index (κ1) is 76.3. The maximum Gasteiger partial charge on any atom is 0.306 e. The van der Waals surface area contributed by atoms with Crippen molar-refractivity contribution in [3.05, 3.63) is 12.2 Å². The van der Waals surface area contributed by atoms with Gasteiger partial charge in [0.15, 0.2) is 18.7 Å². The molecular weight excluding hydrogens is 1040 g/mol. The van der Waals surface area contributed by atoms with E-state index in [4.69, 9.17) is 28.4 Å². The molecule has 2 rings (SSSR count). The highest BCUT2D eigenvalue weighted by atomic mass is 16.7. The summed E-state index contributed by atoms with van der Waals surface area (Å²) in [7, 11) is 0. The summed E-state index contributed by atoms with van der Waals surface area (Å²) in [6.07, 6.45) is 43.8. The molecule has 11 unspecified atom stereocenters. The molecule has 0 aromatic heterocycles. The third-order valence-electron chi connectivity index (χ3n) is 16.7. The van der Waals surface area contributed by atoms with Gasteiger partial charge in [-0.25, -0.2) is 0 Å². The lowest BCUT2D eigenvalue weighted by molar-refractivity contribution is -0.332. The minimum absolute atomic E-state index is 0.170. The van der Waals surface area contributed by atoms with Crippen molar-refractivity contribution in [2.45, 2.75) is 377 Å². The molecule has 82 heavy (non-hydrogen) atoms. The molecule has 0 aromatic rings. The van der Waals surface area contributed by atoms with Crippen LogP contribution >= 0.6 is 0 Å². The van der Waals surface area contributed by atoms with Crippen LogP contribution in [0.1, 0.15) is 309 Å². The Morgan fingerprint density at radius 3 is 1.07 bits per heavy atom. The summed E-state index contributed by atoms with van der Waals surface area (Å²) in [5, 5.41) is 72.5. The number of aliphatic hydroxyl groups is 7. The zero-order valence-electron chi connectivity index (χ0n) is 52.3. The SMILES string of the molecule is CCCCCCCCCC/C=C\CCCCCCCCCCCCCC(=O)OC(COC(=O)CCCCCCCCCCCCCCCCCCCCCCCCC)COC1OC(COC2OC(CO)C(O)C(O)C2O)C(O)C(O)C1O. The number of aliphatic hydroxyl groups excluding tert-OH is 7. The smallest absolute Gasteiger partial charge is 0.306 e. The molecular formula is C67H126O15. The molecule has 2 fully saturated rings. The number of rotatable bonds is 57. The van der Waals surface area contributed by atoms with Crippen molar-refractivity contribution in [3.63, 3.8) is 0 Å². The Morgan fingerprint density at radius 2 is 0.695 bits per heavy atom. The predicted octanol–water partition coefficient (Wildman–Crippen LogP) is 13.6. The van der Waals surface area contributed by atoms with Crippen molar-refractivity contribution in [2.75, 3.05) is 26.4 Å². The monoisotopic (exact) mass is 1170 g/mol. The number of hydrogen-bond donors (Lipinski definition) is 7. The van der Waals surface area contributed by atoms with Gasteiger partial charge in [-0.15, -0.1) is 0 Å². The van der Waals surface area contributed by atoms with Crippen molar-refractivity contribution in [2.24, 2.45) is 0 Å². The lowest BCUT2D eigenvalue weighted by Gasteiger charge is -2.42. The Hall–Kier alpha value is -1.76. The minimum Gasteiger partial charge on any atom is -0.462 e. The van der Waals surface area contributed by atoms with E-state index in [1.54, 1.807) is 0 Å². The summed E-state index contributed by atoms with van der Waals surface area (Å²) in [5.41, 5.74) is 0. The molecule has 0 saturated carbocycles. The molecule has 2 saturated heterocycles. The average Bonchev–Trinajstić information content (AvgIpc) is 3.68. The minimum atomic E-state index is -1.76. The molecule has 0 aromatic carbocycles. The van der Waals surface area contributed by atoms with Crippen LogP contribution in [-0.4, -0.2) is 142 Å². The molecule has 2 heterocycles. The van der Waals surface area contributed by atoms with Crippen LogP contribution in [0.15, 0.2) is 12.2 Å². The second-order valence-corrected chi connectivity index (χ2v) is 24.4. The van der Waals surface area contributed by atoms with Crippen LogP contribution in [0.3, 0.4) is 0 Å². The fraction of sp³-hybridized carbons (Fsp3) is 0.940. The fourth-order valence-electron chi connectivity index (χ4n) is 11.2. The molecule has 15 heteroatoms. The number of unbranched alkanes of at least 4 members (excludes halogenated alkanes) is 41. The third-order valence-corrected chi connectivity index (χ3v) is 16.7. The summed E-state index contributed by atoms with van der Waals surface area (Å²) >= 11 is 0. The highest BCUT2D eigenvalue weighted by Crippen LogP contribution is 2.27. The second kappa shape index (κ2) is 53.5. The Morgan fingerprint density at radius 1 is 0.378 bits per heavy atom. The summed E-state index contributed by atoms with van der Waals surface area (Å²) in [5.74, 6) is -0.903. The summed E-state index contributed by atoms with van der Waals surface area (Å²) in [4.78, 5) is 26.0. The molecule has 484 valence electrons. The normalized spacial score (nSPS) is 23.4. The van der Waals surface area contributed by atoms with E-state index in [2.05, 4.69) is 26.0 Å². The molecule has 2 aliphatic heterocycles. The van der Waals surface area contributed by atoms with Crippen molar-refractivity contribution in [1.82, 2.24) is 0 Å². The van der Waals surface area contributed by atoms with E-state index < -0.39 is 92.7 Å². The number of ether oxygens (including phenoxy) is 6. The highest BCUT2D eigenvalue weighted by Gasteiger charge is 2.47. The fourth-order valence-corrected chi connectivity index (χ4v) is 11.2. The van der Waals surface area contributed by atoms with Crippen LogP contribution in [0.2, 0.25) is 0 Å². The van der Waals surface area contributed by atoms with Gasteiger partial charge in [-0.05, 0) is 38.5 Å². The number of hydrogen-bond acceptors (Lipinski definition) is 15. The first-order chi connectivity index (χ1) is 40.0. The van der Waals surface area contributed by atoms with Crippen LogP contribution in [0.4, 0.5) is 0 Å². The first-order valence-corrected chi connectivity index (χ1v) is 34.3. The van der Waals surface area contributed by atoms with Crippen molar-refractivity contribution in [3.8, 4) is 0 Å². The lowest BCUT2D eigenvalue weighted by atomic mass is 9.98. The molecule has 0 aliphatic carbocycles. The van der Waals surface area contributed by atoms with E-state index in [9.17, 15) is 45.3 Å². The van der Waals surface area contributed by atoms with Crippen molar-refractivity contribution >= 4 is 11.9 Å². The van der Waals surface area contributed by atoms with E-state index in [0.29, 0.717) is 12.8 Å². The van der Waals surface area contributed by atoms with Gasteiger partial charge < -0.3 is 64.2 Å². The topological polar surface area (TPSA) is 231 Å². The van der Waals surface area contributed by atoms with E-state index in [0.717, 1.165) is 38.5 Å². The first-order valence-electron chi connectivity index (χ1n) is 34.3. The molecule has 15 nitrogen and oxygen atoms in total. The van der Waals surface area contributed by atoms with E-state index in [1.165, 1.54) is 231 Å². The van der Waals surface area contributed by atoms with Gasteiger partial charge in [0.2, 0.25) is 0 Å². The average molecular weight is 1170 g/mol. The molecule has 0 spiro atoms. The molecule has 11 atom stereocenters. The van der Waals surface area contributed by atoms with Crippen molar-refractivity contribution < 1.29 is 73.8 Å². The Balaban J connectivity index is 1.67. The van der Waals surface area contributed by atoms with Crippen molar-refractivity contribution in [1.29, 1.82) is 0 Å². The second-order valence-electron chi connectivity index (χ2n) is 24.4. The van der Waals surface area contributed by atoms with E-state index in [1.807, 2.05) is 0 Å². The van der Waals surface area contributed by atoms with Gasteiger partial charge >= 0.3 is 11.9 Å². The van der Waals surface area contributed by atoms with Gasteiger partial charge in [-0.1, -0.05) is 270 Å². The zero-order valence-corrected chi connectivity index (χ0v) is 52.3. The van der Waals surface area contributed by atoms with Crippen LogP contribution in [0, 0.1) is 0 Å². The van der Waals surface area contributed by atoms with Crippen LogP contribution in [-0.2, 0) is 38.0 Å². The molecule has 0 amide bonds. The molecule has 0 bridgehead atoms. The summed E-state index contributed by atoms with van der Waals surface area (Å²) in [6, 6.07) is 0. The third kappa shape index (κ3) is 39.1. The Bertz CT molecular complexity index is 1470. The number of carbonyl (C=O) groups is 2. The van der Waals surface area contributed by atoms with E-state index in [-0.39, 0.29) is 26.1 Å². The van der Waals surface area contributed by atoms with Gasteiger partial charge in [0, 0.05) is 12.8 Å². The summed E-state index contributed by atoms with van der Waals surface area (Å²) in [6.45, 7) is 2.68. The molecule has 2 aliphatic rings. The Labute approximate surface area is 499 Å². The highest BCUT2D eigenvalue weighted by molar-refractivity contribution is 5.70. The number of carbonyl (C=O) groups excluding carboxylic acids is 2. The maximum atomic E-state index is 13.1. The van der Waals surface area contributed by atoms with Gasteiger partial charge in [0.25, 0.3) is 0 Å². The Kier molecular flexibility index (Phi) is 49.8. The standard InChI is InChI=1S/C67H126O15/c1-3-5-7-9-11-13-15-17-19-21-23-25-27-29-31-33-35-37-39-41-43-45-47-49-58(69)77-52-55(53-78-66-65(76)63(74)61(72)57(82-66)54-79-67-64(75)62(73)60(71)56(51-68)81-67)80-59(70)50-48-46-44-42-40-38-36-34-32-30-28-26-24-22-20-18-16-14-12-10-8-6-4-2/h22,24,55-57,60-68,71-76H,3-21,23,25-54H2,1-2H3/b24-22-. The predicted molar refractivity (Wildman–Crippen MR) is 326 cm³/mol. The lowest BCUT2D eigenvalue weighted by Crippen LogP contribution is -2.61. The largest absolute Gasteiger partial charge is 0.462 e. The van der Waals surface area contributed by atoms with Crippen LogP contribution in [0.5, 0.6) is 0 Å². The molecule has 7 N–H and O–H groups in total. The van der Waals surface area contributed by atoms with Gasteiger partial charge in [0.1, 0.15) is 55.4 Å². The maximum absolute atomic E-state index is 13.1. The molecule has 0 radical (unpaired) electrons. The van der Waals surface area contributed by atoms with Crippen LogP contribution < -0.4 is 0 Å².